The number of benzene rings is 2. The van der Waals surface area contributed by atoms with Crippen LogP contribution in [-0.2, 0) is 6.54 Å². The number of aromatic nitrogens is 3. The molecule has 0 saturated carbocycles. The number of hydrogen-bond donors (Lipinski definition) is 1. The number of rotatable bonds is 7. The second kappa shape index (κ2) is 9.42. The fourth-order valence-electron chi connectivity index (χ4n) is 3.29. The SMILES string of the molecule is COc1ccc(-c2csc(NC(=O)c3c(C)nn(Cc4ccccc4)c3Cl)n2)cc1OC. The zero-order valence-corrected chi connectivity index (χ0v) is 19.3. The van der Waals surface area contributed by atoms with Crippen molar-refractivity contribution < 1.29 is 14.3 Å². The highest BCUT2D eigenvalue weighted by Crippen LogP contribution is 2.33. The minimum Gasteiger partial charge on any atom is -0.493 e. The van der Waals surface area contributed by atoms with Crippen LogP contribution in [0.4, 0.5) is 5.13 Å². The molecule has 0 spiro atoms. The number of thiazole rings is 1. The summed E-state index contributed by atoms with van der Waals surface area (Å²) in [6, 6.07) is 15.4. The molecule has 0 atom stereocenters. The second-order valence-electron chi connectivity index (χ2n) is 6.96. The number of amides is 1. The lowest BCUT2D eigenvalue weighted by atomic mass is 10.1. The van der Waals surface area contributed by atoms with Gasteiger partial charge >= 0.3 is 0 Å². The molecule has 0 bridgehead atoms. The lowest BCUT2D eigenvalue weighted by Crippen LogP contribution is -2.13. The van der Waals surface area contributed by atoms with Crippen LogP contribution in [0.15, 0.2) is 53.9 Å². The Morgan fingerprint density at radius 1 is 1.12 bits per heavy atom. The molecule has 0 fully saturated rings. The quantitative estimate of drug-likeness (QED) is 0.399. The smallest absolute Gasteiger partial charge is 0.262 e. The molecule has 0 aliphatic rings. The number of hydrogen-bond acceptors (Lipinski definition) is 6. The zero-order valence-electron chi connectivity index (χ0n) is 17.8. The van der Waals surface area contributed by atoms with Gasteiger partial charge in [-0.2, -0.15) is 5.10 Å². The molecule has 2 aromatic carbocycles. The summed E-state index contributed by atoms with van der Waals surface area (Å²) >= 11 is 7.83. The van der Waals surface area contributed by atoms with Crippen molar-refractivity contribution >= 4 is 34.0 Å². The van der Waals surface area contributed by atoms with Gasteiger partial charge in [0.25, 0.3) is 5.91 Å². The van der Waals surface area contributed by atoms with Gasteiger partial charge in [-0.1, -0.05) is 41.9 Å². The molecule has 2 heterocycles. The van der Waals surface area contributed by atoms with E-state index in [1.807, 2.05) is 53.9 Å². The van der Waals surface area contributed by atoms with Gasteiger partial charge < -0.3 is 9.47 Å². The van der Waals surface area contributed by atoms with E-state index in [-0.39, 0.29) is 5.91 Å². The molecule has 0 saturated heterocycles. The molecule has 4 rings (SSSR count). The third kappa shape index (κ3) is 4.46. The summed E-state index contributed by atoms with van der Waals surface area (Å²) < 4.78 is 12.3. The van der Waals surface area contributed by atoms with E-state index < -0.39 is 0 Å². The van der Waals surface area contributed by atoms with Gasteiger partial charge in [0, 0.05) is 10.9 Å². The van der Waals surface area contributed by atoms with Crippen LogP contribution in [0.1, 0.15) is 21.6 Å². The van der Waals surface area contributed by atoms with Crippen LogP contribution in [0.2, 0.25) is 5.15 Å². The van der Waals surface area contributed by atoms with Crippen molar-refractivity contribution in [1.82, 2.24) is 14.8 Å². The Morgan fingerprint density at radius 3 is 2.59 bits per heavy atom. The first-order chi connectivity index (χ1) is 15.5. The molecular formula is C23H21ClN4O3S. The van der Waals surface area contributed by atoms with Gasteiger partial charge in [-0.3, -0.25) is 10.1 Å². The lowest BCUT2D eigenvalue weighted by molar-refractivity contribution is 0.102. The number of aryl methyl sites for hydroxylation is 1. The molecule has 1 N–H and O–H groups in total. The van der Waals surface area contributed by atoms with Gasteiger partial charge in [-0.05, 0) is 30.7 Å². The van der Waals surface area contributed by atoms with Gasteiger partial charge in [-0.25, -0.2) is 9.67 Å². The summed E-state index contributed by atoms with van der Waals surface area (Å²) in [4.78, 5) is 17.5. The highest BCUT2D eigenvalue weighted by molar-refractivity contribution is 7.14. The van der Waals surface area contributed by atoms with E-state index in [1.165, 1.54) is 11.3 Å². The Hall–Kier alpha value is -3.36. The van der Waals surface area contributed by atoms with Gasteiger partial charge in [0.05, 0.1) is 37.7 Å². The summed E-state index contributed by atoms with van der Waals surface area (Å²) in [5.41, 5.74) is 3.51. The fraction of sp³-hybridized carbons (Fsp3) is 0.174. The second-order valence-corrected chi connectivity index (χ2v) is 8.17. The topological polar surface area (TPSA) is 78.3 Å². The summed E-state index contributed by atoms with van der Waals surface area (Å²) in [6.07, 6.45) is 0. The first-order valence-electron chi connectivity index (χ1n) is 9.76. The van der Waals surface area contributed by atoms with Gasteiger partial charge in [0.1, 0.15) is 5.15 Å². The van der Waals surface area contributed by atoms with Crippen LogP contribution in [0.3, 0.4) is 0 Å². The molecule has 32 heavy (non-hydrogen) atoms. The van der Waals surface area contributed by atoms with E-state index in [0.29, 0.717) is 45.3 Å². The van der Waals surface area contributed by atoms with Gasteiger partial charge in [0.2, 0.25) is 0 Å². The van der Waals surface area contributed by atoms with Crippen molar-refractivity contribution in [2.75, 3.05) is 19.5 Å². The first kappa shape index (κ1) is 21.9. The number of halogens is 1. The number of carbonyl (C=O) groups excluding carboxylic acids is 1. The molecule has 2 aromatic heterocycles. The van der Waals surface area contributed by atoms with Crippen LogP contribution in [0.5, 0.6) is 11.5 Å². The van der Waals surface area contributed by atoms with Crippen molar-refractivity contribution in [3.05, 3.63) is 75.9 Å². The van der Waals surface area contributed by atoms with E-state index in [4.69, 9.17) is 21.1 Å². The predicted molar refractivity (Wildman–Crippen MR) is 126 cm³/mol. The summed E-state index contributed by atoms with van der Waals surface area (Å²) in [5.74, 6) is 0.898. The van der Waals surface area contributed by atoms with Crippen LogP contribution in [-0.4, -0.2) is 34.9 Å². The number of nitrogens with one attached hydrogen (secondary N) is 1. The highest BCUT2D eigenvalue weighted by atomic mass is 35.5. The standard InChI is InChI=1S/C23H21ClN4O3S/c1-14-20(21(24)28(27-14)12-15-7-5-4-6-8-15)22(29)26-23-25-17(13-32-23)16-9-10-18(30-2)19(11-16)31-3/h4-11,13H,12H2,1-3H3,(H,25,26,29). The third-order valence-electron chi connectivity index (χ3n) is 4.87. The molecule has 4 aromatic rings. The summed E-state index contributed by atoms with van der Waals surface area (Å²) in [6.45, 7) is 2.24. The maximum absolute atomic E-state index is 12.9. The number of anilines is 1. The molecule has 0 radical (unpaired) electrons. The predicted octanol–water partition coefficient (Wildman–Crippen LogP) is 5.29. The molecular weight excluding hydrogens is 448 g/mol. The van der Waals surface area contributed by atoms with Crippen molar-refractivity contribution in [3.63, 3.8) is 0 Å². The molecule has 0 aliphatic heterocycles. The molecule has 0 aliphatic carbocycles. The minimum absolute atomic E-state index is 0.292. The summed E-state index contributed by atoms with van der Waals surface area (Å²) in [7, 11) is 3.17. The van der Waals surface area contributed by atoms with Crippen LogP contribution in [0, 0.1) is 6.92 Å². The Bertz CT molecular complexity index is 1250. The van der Waals surface area contributed by atoms with Crippen molar-refractivity contribution in [1.29, 1.82) is 0 Å². The molecule has 164 valence electrons. The third-order valence-corrected chi connectivity index (χ3v) is 6.01. The van der Waals surface area contributed by atoms with E-state index in [0.717, 1.165) is 11.1 Å². The number of methoxy groups -OCH3 is 2. The molecule has 7 nitrogen and oxygen atoms in total. The average molecular weight is 469 g/mol. The Balaban J connectivity index is 1.53. The number of ether oxygens (including phenoxy) is 2. The average Bonchev–Trinajstić information content (AvgIpc) is 3.37. The van der Waals surface area contributed by atoms with Crippen LogP contribution in [0.25, 0.3) is 11.3 Å². The van der Waals surface area contributed by atoms with Gasteiger partial charge in [-0.15, -0.1) is 11.3 Å². The van der Waals surface area contributed by atoms with E-state index in [2.05, 4.69) is 15.4 Å². The maximum atomic E-state index is 12.9. The van der Waals surface area contributed by atoms with Gasteiger partial charge in [0.15, 0.2) is 16.6 Å². The van der Waals surface area contributed by atoms with E-state index >= 15 is 0 Å². The molecule has 0 unspecified atom stereocenters. The Morgan fingerprint density at radius 2 is 1.88 bits per heavy atom. The normalized spacial score (nSPS) is 10.8. The van der Waals surface area contributed by atoms with Crippen LogP contribution < -0.4 is 14.8 Å². The van der Waals surface area contributed by atoms with Crippen molar-refractivity contribution in [2.24, 2.45) is 0 Å². The fourth-order valence-corrected chi connectivity index (χ4v) is 4.33. The Labute approximate surface area is 194 Å². The maximum Gasteiger partial charge on any atom is 0.262 e. The lowest BCUT2D eigenvalue weighted by Gasteiger charge is -2.08. The monoisotopic (exact) mass is 468 g/mol. The van der Waals surface area contributed by atoms with E-state index in [1.54, 1.807) is 25.8 Å². The number of nitrogens with zero attached hydrogens (tertiary/aromatic N) is 3. The first-order valence-corrected chi connectivity index (χ1v) is 11.0. The van der Waals surface area contributed by atoms with Crippen LogP contribution >= 0.6 is 22.9 Å². The zero-order chi connectivity index (χ0) is 22.7. The molecule has 1 amide bonds. The molecule has 9 heteroatoms. The Kier molecular flexibility index (Phi) is 6.43. The van der Waals surface area contributed by atoms with Crippen molar-refractivity contribution in [3.8, 4) is 22.8 Å². The number of carbonyl (C=O) groups is 1. The summed E-state index contributed by atoms with van der Waals surface area (Å²) in [5, 5.41) is 9.89. The van der Waals surface area contributed by atoms with Crippen molar-refractivity contribution in [2.45, 2.75) is 13.5 Å². The minimum atomic E-state index is -0.347. The highest BCUT2D eigenvalue weighted by Gasteiger charge is 2.21. The van der Waals surface area contributed by atoms with E-state index in [9.17, 15) is 4.79 Å². The largest absolute Gasteiger partial charge is 0.493 e.